The molecule has 0 aromatic rings. The predicted octanol–water partition coefficient (Wildman–Crippen LogP) is 0.702. The quantitative estimate of drug-likeness (QED) is 0.291. The van der Waals surface area contributed by atoms with E-state index < -0.39 is 0 Å². The fourth-order valence-corrected chi connectivity index (χ4v) is 0.742. The van der Waals surface area contributed by atoms with Gasteiger partial charge in [-0.3, -0.25) is 5.41 Å². The highest BCUT2D eigenvalue weighted by Gasteiger charge is 1.89. The van der Waals surface area contributed by atoms with E-state index in [4.69, 9.17) is 11.1 Å². The van der Waals surface area contributed by atoms with E-state index in [-0.39, 0.29) is 0 Å². The van der Waals surface area contributed by atoms with Gasteiger partial charge in [-0.15, -0.1) is 0 Å². The normalized spacial score (nSPS) is 9.70. The molecule has 0 fully saturated rings. The fraction of sp³-hybridized carbons (Fsp3) is 0.857. The molecule has 0 aromatic carbocycles. The summed E-state index contributed by atoms with van der Waals surface area (Å²) in [4.78, 5) is 0. The first-order chi connectivity index (χ1) is 4.77. The summed E-state index contributed by atoms with van der Waals surface area (Å²) < 4.78 is 0. The maximum Gasteiger partial charge on any atom is 0.0905 e. The molecule has 0 aliphatic carbocycles. The topological polar surface area (TPSA) is 61.9 Å². The Kier molecular flexibility index (Phi) is 6.18. The lowest BCUT2D eigenvalue weighted by molar-refractivity contribution is 0.650. The van der Waals surface area contributed by atoms with E-state index in [0.717, 1.165) is 32.4 Å². The highest BCUT2D eigenvalue weighted by Crippen LogP contribution is 1.91. The molecule has 0 saturated heterocycles. The number of hydrogen-bond donors (Lipinski definition) is 3. The molecular weight excluding hydrogens is 126 g/mol. The van der Waals surface area contributed by atoms with Crippen molar-refractivity contribution < 1.29 is 0 Å². The third-order valence-corrected chi connectivity index (χ3v) is 1.30. The monoisotopic (exact) mass is 143 g/mol. The summed E-state index contributed by atoms with van der Waals surface area (Å²) in [5.41, 5.74) is 5.17. The Morgan fingerprint density at radius 1 is 1.50 bits per heavy atom. The van der Waals surface area contributed by atoms with Crippen LogP contribution in [0.15, 0.2) is 0 Å². The molecule has 3 nitrogen and oxygen atoms in total. The first-order valence-corrected chi connectivity index (χ1v) is 3.81. The Bertz CT molecular complexity index is 90.9. The van der Waals surface area contributed by atoms with E-state index in [1.165, 1.54) is 0 Å². The van der Waals surface area contributed by atoms with Gasteiger partial charge in [0.15, 0.2) is 0 Å². The van der Waals surface area contributed by atoms with E-state index in [1.807, 2.05) is 0 Å². The lowest BCUT2D eigenvalue weighted by Gasteiger charge is -1.99. The van der Waals surface area contributed by atoms with Crippen molar-refractivity contribution in [1.29, 1.82) is 5.41 Å². The Balaban J connectivity index is 2.84. The molecule has 3 heteroatoms. The molecule has 0 rings (SSSR count). The molecule has 60 valence electrons. The largest absolute Gasteiger partial charge is 0.388 e. The Labute approximate surface area is 62.5 Å². The van der Waals surface area contributed by atoms with Crippen LogP contribution in [0.25, 0.3) is 0 Å². The van der Waals surface area contributed by atoms with Crippen LogP contribution < -0.4 is 11.1 Å². The minimum atomic E-state index is 0.302. The molecular formula is C7H17N3. The van der Waals surface area contributed by atoms with Crippen LogP contribution in [0.1, 0.15) is 26.2 Å². The van der Waals surface area contributed by atoms with Gasteiger partial charge in [0.05, 0.1) is 5.84 Å². The fourth-order valence-electron chi connectivity index (χ4n) is 0.742. The number of amidine groups is 1. The maximum absolute atomic E-state index is 6.93. The van der Waals surface area contributed by atoms with Crippen molar-refractivity contribution in [2.24, 2.45) is 5.73 Å². The number of unbranched alkanes of at least 4 members (excludes halogenated alkanes) is 1. The molecule has 0 aromatic heterocycles. The minimum Gasteiger partial charge on any atom is -0.388 e. The standard InChI is InChI=1S/C7H17N3/c1-2-10-6-4-3-5-7(8)9/h10H,2-6H2,1H3,(H3,8,9). The lowest BCUT2D eigenvalue weighted by Crippen LogP contribution is -2.15. The van der Waals surface area contributed by atoms with Crippen molar-refractivity contribution in [3.8, 4) is 0 Å². The van der Waals surface area contributed by atoms with E-state index >= 15 is 0 Å². The van der Waals surface area contributed by atoms with Crippen LogP contribution in [0.3, 0.4) is 0 Å². The highest BCUT2D eigenvalue weighted by atomic mass is 14.8. The molecule has 0 atom stereocenters. The van der Waals surface area contributed by atoms with Gasteiger partial charge >= 0.3 is 0 Å². The Hall–Kier alpha value is -0.570. The van der Waals surface area contributed by atoms with Crippen molar-refractivity contribution in [2.45, 2.75) is 26.2 Å². The summed E-state index contributed by atoms with van der Waals surface area (Å²) >= 11 is 0. The zero-order valence-corrected chi connectivity index (χ0v) is 6.61. The number of rotatable bonds is 6. The molecule has 0 aliphatic heterocycles. The summed E-state index contributed by atoms with van der Waals surface area (Å²) in [7, 11) is 0. The zero-order valence-electron chi connectivity index (χ0n) is 6.61. The number of nitrogens with two attached hydrogens (primary N) is 1. The molecule has 10 heavy (non-hydrogen) atoms. The van der Waals surface area contributed by atoms with Gasteiger partial charge in [-0.1, -0.05) is 6.92 Å². The van der Waals surface area contributed by atoms with Crippen LogP contribution in [0.5, 0.6) is 0 Å². The zero-order chi connectivity index (χ0) is 7.82. The third kappa shape index (κ3) is 7.43. The van der Waals surface area contributed by atoms with Crippen LogP contribution in [-0.2, 0) is 0 Å². The molecule has 0 radical (unpaired) electrons. The average molecular weight is 143 g/mol. The molecule has 0 saturated carbocycles. The summed E-state index contributed by atoms with van der Waals surface area (Å²) in [6.45, 7) is 4.16. The van der Waals surface area contributed by atoms with Gasteiger partial charge in [0.2, 0.25) is 0 Å². The van der Waals surface area contributed by atoms with Crippen molar-refractivity contribution in [3.63, 3.8) is 0 Å². The molecule has 4 N–H and O–H groups in total. The first-order valence-electron chi connectivity index (χ1n) is 3.81. The van der Waals surface area contributed by atoms with Gasteiger partial charge in [0.25, 0.3) is 0 Å². The Morgan fingerprint density at radius 2 is 2.20 bits per heavy atom. The molecule has 0 bridgehead atoms. The second-order valence-corrected chi connectivity index (χ2v) is 2.34. The molecule has 0 unspecified atom stereocenters. The molecule has 0 amide bonds. The van der Waals surface area contributed by atoms with E-state index in [9.17, 15) is 0 Å². The van der Waals surface area contributed by atoms with Crippen LogP contribution in [0.2, 0.25) is 0 Å². The van der Waals surface area contributed by atoms with Gasteiger partial charge in [-0.2, -0.15) is 0 Å². The summed E-state index contributed by atoms with van der Waals surface area (Å²) in [6.07, 6.45) is 2.89. The average Bonchev–Trinajstić information content (AvgIpc) is 1.87. The van der Waals surface area contributed by atoms with E-state index in [0.29, 0.717) is 5.84 Å². The number of nitrogens with one attached hydrogen (secondary N) is 2. The summed E-state index contributed by atoms with van der Waals surface area (Å²) in [5, 5.41) is 10.1. The van der Waals surface area contributed by atoms with E-state index in [2.05, 4.69) is 12.2 Å². The van der Waals surface area contributed by atoms with Gasteiger partial charge in [0, 0.05) is 6.42 Å². The van der Waals surface area contributed by atoms with Gasteiger partial charge in [0.1, 0.15) is 0 Å². The van der Waals surface area contributed by atoms with Crippen molar-refractivity contribution in [3.05, 3.63) is 0 Å². The minimum absolute atomic E-state index is 0.302. The third-order valence-electron chi connectivity index (χ3n) is 1.30. The van der Waals surface area contributed by atoms with Gasteiger partial charge in [-0.05, 0) is 25.9 Å². The molecule has 0 aliphatic rings. The van der Waals surface area contributed by atoms with Gasteiger partial charge in [-0.25, -0.2) is 0 Å². The van der Waals surface area contributed by atoms with Crippen LogP contribution in [0, 0.1) is 5.41 Å². The highest BCUT2D eigenvalue weighted by molar-refractivity contribution is 5.76. The van der Waals surface area contributed by atoms with E-state index in [1.54, 1.807) is 0 Å². The van der Waals surface area contributed by atoms with Crippen LogP contribution in [-0.4, -0.2) is 18.9 Å². The summed E-state index contributed by atoms with van der Waals surface area (Å²) in [5.74, 6) is 0.302. The smallest absolute Gasteiger partial charge is 0.0905 e. The Morgan fingerprint density at radius 3 is 2.70 bits per heavy atom. The molecule has 0 heterocycles. The van der Waals surface area contributed by atoms with Gasteiger partial charge < -0.3 is 11.1 Å². The summed E-state index contributed by atoms with van der Waals surface area (Å²) in [6, 6.07) is 0. The van der Waals surface area contributed by atoms with Crippen LogP contribution in [0.4, 0.5) is 0 Å². The second-order valence-electron chi connectivity index (χ2n) is 2.34. The van der Waals surface area contributed by atoms with Crippen molar-refractivity contribution in [1.82, 2.24) is 5.32 Å². The maximum atomic E-state index is 6.93. The van der Waals surface area contributed by atoms with Crippen molar-refractivity contribution in [2.75, 3.05) is 13.1 Å². The lowest BCUT2D eigenvalue weighted by atomic mass is 10.2. The first kappa shape index (κ1) is 9.43. The molecule has 0 spiro atoms. The second kappa shape index (κ2) is 6.55. The SMILES string of the molecule is CCNCCCCC(=N)N. The number of hydrogen-bond acceptors (Lipinski definition) is 2. The predicted molar refractivity (Wildman–Crippen MR) is 44.3 cm³/mol. The van der Waals surface area contributed by atoms with Crippen molar-refractivity contribution >= 4 is 5.84 Å². The van der Waals surface area contributed by atoms with Crippen LogP contribution >= 0.6 is 0 Å².